The number of nitrogens with zero attached hydrogens (tertiary/aromatic N) is 1. The SMILES string of the molecule is [2H]C(C)(C)N(Cc1ccccc1OCCCCCC(=O)O)C(=O)c1ccc2oc(C)cc2c1. The van der Waals surface area contributed by atoms with Crippen molar-refractivity contribution in [2.75, 3.05) is 6.61 Å². The van der Waals surface area contributed by atoms with Gasteiger partial charge in [0, 0.05) is 35.5 Å². The lowest BCUT2D eigenvalue weighted by Crippen LogP contribution is -2.36. The average molecular weight is 439 g/mol. The highest BCUT2D eigenvalue weighted by molar-refractivity contribution is 5.98. The van der Waals surface area contributed by atoms with Crippen LogP contribution in [0, 0.1) is 6.92 Å². The molecule has 0 spiro atoms. The number of aliphatic carboxylic acids is 1. The van der Waals surface area contributed by atoms with Gasteiger partial charge in [-0.25, -0.2) is 0 Å². The van der Waals surface area contributed by atoms with E-state index in [-0.39, 0.29) is 18.9 Å². The van der Waals surface area contributed by atoms with Gasteiger partial charge in [0.1, 0.15) is 17.1 Å². The number of amides is 1. The Hall–Kier alpha value is -3.28. The van der Waals surface area contributed by atoms with E-state index < -0.39 is 12.0 Å². The highest BCUT2D eigenvalue weighted by atomic mass is 16.5. The summed E-state index contributed by atoms with van der Waals surface area (Å²) in [7, 11) is 0. The molecule has 0 fully saturated rings. The second-order valence-electron chi connectivity index (χ2n) is 8.11. The molecular weight excluding hydrogens is 406 g/mol. The van der Waals surface area contributed by atoms with Crippen molar-refractivity contribution in [2.45, 2.75) is 59.0 Å². The molecule has 0 saturated carbocycles. The molecule has 0 aliphatic heterocycles. The third-order valence-electron chi connectivity index (χ3n) is 5.27. The van der Waals surface area contributed by atoms with Crippen molar-refractivity contribution >= 4 is 22.8 Å². The molecule has 2 aromatic carbocycles. The number of unbranched alkanes of at least 4 members (excludes halogenated alkanes) is 2. The zero-order valence-corrected chi connectivity index (χ0v) is 18.9. The van der Waals surface area contributed by atoms with Gasteiger partial charge in [0.2, 0.25) is 0 Å². The van der Waals surface area contributed by atoms with Crippen LogP contribution in [0.1, 0.15) is 62.6 Å². The Morgan fingerprint density at radius 2 is 1.91 bits per heavy atom. The lowest BCUT2D eigenvalue weighted by atomic mass is 10.1. The number of fused-ring (bicyclic) bond motifs is 1. The summed E-state index contributed by atoms with van der Waals surface area (Å²) in [4.78, 5) is 25.6. The van der Waals surface area contributed by atoms with Gasteiger partial charge in [0.15, 0.2) is 0 Å². The van der Waals surface area contributed by atoms with E-state index in [1.165, 1.54) is 4.90 Å². The van der Waals surface area contributed by atoms with Gasteiger partial charge in [-0.1, -0.05) is 18.2 Å². The molecule has 0 radical (unpaired) electrons. The Balaban J connectivity index is 1.73. The Morgan fingerprint density at radius 3 is 2.66 bits per heavy atom. The summed E-state index contributed by atoms with van der Waals surface area (Å²) in [6.07, 6.45) is 2.31. The van der Waals surface area contributed by atoms with Crippen LogP contribution >= 0.6 is 0 Å². The molecule has 1 heterocycles. The molecule has 32 heavy (non-hydrogen) atoms. The Labute approximate surface area is 190 Å². The van der Waals surface area contributed by atoms with Gasteiger partial charge in [0.25, 0.3) is 5.91 Å². The third kappa shape index (κ3) is 6.13. The fourth-order valence-corrected chi connectivity index (χ4v) is 3.58. The van der Waals surface area contributed by atoms with Crippen molar-refractivity contribution < 1.29 is 25.2 Å². The van der Waals surface area contributed by atoms with Crippen LogP contribution in [0.15, 0.2) is 52.9 Å². The number of carboxylic acid groups (broad SMARTS) is 1. The minimum atomic E-state index is -1.15. The summed E-state index contributed by atoms with van der Waals surface area (Å²) in [5.74, 6) is 0.422. The molecule has 1 amide bonds. The predicted molar refractivity (Wildman–Crippen MR) is 124 cm³/mol. The van der Waals surface area contributed by atoms with Crippen LogP contribution in [0.2, 0.25) is 0 Å². The molecule has 0 bridgehead atoms. The molecule has 1 aromatic heterocycles. The first-order chi connectivity index (χ1) is 15.6. The normalized spacial score (nSPS) is 11.9. The van der Waals surface area contributed by atoms with Crippen LogP contribution in [0.4, 0.5) is 0 Å². The average Bonchev–Trinajstić information content (AvgIpc) is 3.13. The second kappa shape index (κ2) is 10.8. The molecule has 6 heteroatoms. The molecule has 0 aliphatic rings. The lowest BCUT2D eigenvalue weighted by molar-refractivity contribution is -0.137. The number of aryl methyl sites for hydroxylation is 1. The molecule has 0 atom stereocenters. The van der Waals surface area contributed by atoms with Gasteiger partial charge in [-0.05, 0) is 70.4 Å². The molecule has 3 aromatic rings. The number of carbonyl (C=O) groups is 2. The molecule has 0 unspecified atom stereocenters. The van der Waals surface area contributed by atoms with Gasteiger partial charge in [-0.2, -0.15) is 0 Å². The van der Waals surface area contributed by atoms with Crippen molar-refractivity contribution in [1.29, 1.82) is 0 Å². The van der Waals surface area contributed by atoms with E-state index in [2.05, 4.69) is 0 Å². The monoisotopic (exact) mass is 438 g/mol. The number of hydrogen-bond donors (Lipinski definition) is 1. The van der Waals surface area contributed by atoms with Crippen LogP contribution in [-0.4, -0.2) is 34.5 Å². The first kappa shape index (κ1) is 21.9. The fourth-order valence-electron chi connectivity index (χ4n) is 3.58. The Morgan fingerprint density at radius 1 is 1.12 bits per heavy atom. The summed E-state index contributed by atoms with van der Waals surface area (Å²) in [5, 5.41) is 9.59. The van der Waals surface area contributed by atoms with E-state index in [4.69, 9.17) is 15.6 Å². The minimum absolute atomic E-state index is 0.163. The van der Waals surface area contributed by atoms with Crippen molar-refractivity contribution in [3.8, 4) is 5.75 Å². The zero-order chi connectivity index (χ0) is 24.0. The van der Waals surface area contributed by atoms with E-state index in [9.17, 15) is 9.59 Å². The van der Waals surface area contributed by atoms with Crippen molar-refractivity contribution in [3.63, 3.8) is 0 Å². The summed E-state index contributed by atoms with van der Waals surface area (Å²) in [6, 6.07) is 13.6. The zero-order valence-electron chi connectivity index (χ0n) is 19.9. The van der Waals surface area contributed by atoms with Gasteiger partial charge in [-0.3, -0.25) is 9.59 Å². The van der Waals surface area contributed by atoms with E-state index in [1.54, 1.807) is 32.0 Å². The quantitative estimate of drug-likeness (QED) is 0.382. The number of hydrogen-bond acceptors (Lipinski definition) is 4. The number of carbonyl (C=O) groups excluding carboxylic acids is 1. The number of ether oxygens (including phenoxy) is 1. The molecular formula is C26H31NO5. The summed E-state index contributed by atoms with van der Waals surface area (Å²) < 4.78 is 20.2. The summed E-state index contributed by atoms with van der Waals surface area (Å²) in [6.45, 7) is 5.94. The molecule has 3 rings (SSSR count). The lowest BCUT2D eigenvalue weighted by Gasteiger charge is -2.28. The van der Waals surface area contributed by atoms with Crippen molar-refractivity contribution in [2.24, 2.45) is 0 Å². The van der Waals surface area contributed by atoms with Crippen LogP contribution in [-0.2, 0) is 11.3 Å². The van der Waals surface area contributed by atoms with E-state index in [0.717, 1.165) is 35.1 Å². The highest BCUT2D eigenvalue weighted by Crippen LogP contribution is 2.25. The van der Waals surface area contributed by atoms with Gasteiger partial charge in [-0.15, -0.1) is 0 Å². The van der Waals surface area contributed by atoms with E-state index in [0.29, 0.717) is 24.3 Å². The molecule has 0 aliphatic carbocycles. The number of para-hydroxylation sites is 1. The molecule has 170 valence electrons. The summed E-state index contributed by atoms with van der Waals surface area (Å²) in [5.41, 5.74) is 2.04. The standard InChI is InChI=1S/C26H31NO5/c1-18(2)27(26(30)20-12-13-24-22(16-20)15-19(3)32-24)17-21-9-6-7-10-23(21)31-14-8-4-5-11-25(28)29/h6-7,9-10,12-13,15-16,18H,4-5,8,11,14,17H2,1-3H3,(H,28,29)/i18D. The maximum Gasteiger partial charge on any atom is 0.303 e. The van der Waals surface area contributed by atoms with Crippen molar-refractivity contribution in [3.05, 3.63) is 65.4 Å². The maximum absolute atomic E-state index is 13.4. The fraction of sp³-hybridized carbons (Fsp3) is 0.385. The largest absolute Gasteiger partial charge is 0.493 e. The predicted octanol–water partition coefficient (Wildman–Crippen LogP) is 5.82. The number of rotatable bonds is 11. The van der Waals surface area contributed by atoms with Gasteiger partial charge < -0.3 is 19.2 Å². The van der Waals surface area contributed by atoms with Crippen molar-refractivity contribution in [1.82, 2.24) is 4.90 Å². The first-order valence-electron chi connectivity index (χ1n) is 11.4. The number of furan rings is 1. The topological polar surface area (TPSA) is 80.0 Å². The minimum Gasteiger partial charge on any atom is -0.493 e. The Bertz CT molecular complexity index is 1120. The van der Waals surface area contributed by atoms with Crippen LogP contribution in [0.25, 0.3) is 11.0 Å². The first-order valence-corrected chi connectivity index (χ1v) is 10.9. The second-order valence-corrected chi connectivity index (χ2v) is 8.11. The van der Waals surface area contributed by atoms with Gasteiger partial charge >= 0.3 is 5.97 Å². The number of benzene rings is 2. The third-order valence-corrected chi connectivity index (χ3v) is 5.27. The van der Waals surface area contributed by atoms with E-state index >= 15 is 0 Å². The molecule has 1 N–H and O–H groups in total. The van der Waals surface area contributed by atoms with E-state index in [1.807, 2.05) is 37.3 Å². The van der Waals surface area contributed by atoms with Crippen LogP contribution in [0.3, 0.4) is 0 Å². The molecule has 6 nitrogen and oxygen atoms in total. The van der Waals surface area contributed by atoms with Crippen LogP contribution < -0.4 is 4.74 Å². The highest BCUT2D eigenvalue weighted by Gasteiger charge is 2.21. The van der Waals surface area contributed by atoms with Crippen LogP contribution in [0.5, 0.6) is 5.75 Å². The smallest absolute Gasteiger partial charge is 0.303 e. The number of carboxylic acids is 1. The van der Waals surface area contributed by atoms with Gasteiger partial charge in [0.05, 0.1) is 7.98 Å². The Kier molecular flexibility index (Phi) is 7.43. The summed E-state index contributed by atoms with van der Waals surface area (Å²) >= 11 is 0. The maximum atomic E-state index is 13.4. The molecule has 0 saturated heterocycles.